The van der Waals surface area contributed by atoms with Gasteiger partial charge in [0.1, 0.15) is 11.5 Å². The van der Waals surface area contributed by atoms with Gasteiger partial charge in [0.15, 0.2) is 0 Å². The van der Waals surface area contributed by atoms with Gasteiger partial charge in [0, 0.05) is 5.56 Å². The highest BCUT2D eigenvalue weighted by atomic mass is 19.4. The van der Waals surface area contributed by atoms with Crippen LogP contribution in [0.25, 0.3) is 11.1 Å². The molecule has 0 spiro atoms. The van der Waals surface area contributed by atoms with Crippen molar-refractivity contribution >= 4 is 5.78 Å². The number of benzene rings is 2. The van der Waals surface area contributed by atoms with Gasteiger partial charge >= 0.3 is 6.18 Å². The number of phenolic OH excluding ortho intramolecular Hbond substituents is 2. The Kier molecular flexibility index (Phi) is 6.98. The Morgan fingerprint density at radius 1 is 0.931 bits per heavy atom. The molecule has 2 rings (SSSR count). The lowest BCUT2D eigenvalue weighted by Crippen LogP contribution is -2.22. The Balaban J connectivity index is 2.28. The summed E-state index contributed by atoms with van der Waals surface area (Å²) < 4.78 is 37.6. The zero-order valence-electron chi connectivity index (χ0n) is 16.9. The number of carbonyl (C=O) groups excluding carboxylic acids is 1. The summed E-state index contributed by atoms with van der Waals surface area (Å²) in [6.45, 7) is 6.24. The molecule has 0 unspecified atom stereocenters. The Hall–Kier alpha value is -2.50. The number of carbonyl (C=O) groups is 1. The third kappa shape index (κ3) is 5.52. The van der Waals surface area contributed by atoms with Gasteiger partial charge in [-0.1, -0.05) is 70.7 Å². The SMILES string of the molecule is CCCCCCC(C)(C)c1cc(O)c(-c2ccc(C(=O)C(F)(F)F)cc2)c(O)c1. The third-order valence-electron chi connectivity index (χ3n) is 5.23. The number of Topliss-reactive ketones (excluding diaryl/α,β-unsaturated/α-hetero) is 1. The number of phenols is 2. The largest absolute Gasteiger partial charge is 0.507 e. The fraction of sp³-hybridized carbons (Fsp3) is 0.435. The second-order valence-electron chi connectivity index (χ2n) is 7.99. The molecule has 6 heteroatoms. The van der Waals surface area contributed by atoms with E-state index in [1.165, 1.54) is 18.6 Å². The summed E-state index contributed by atoms with van der Waals surface area (Å²) in [7, 11) is 0. The second-order valence-corrected chi connectivity index (χ2v) is 7.99. The second kappa shape index (κ2) is 8.89. The van der Waals surface area contributed by atoms with Crippen molar-refractivity contribution in [3.63, 3.8) is 0 Å². The minimum absolute atomic E-state index is 0.126. The Labute approximate surface area is 169 Å². The quantitative estimate of drug-likeness (QED) is 0.375. The number of unbranched alkanes of at least 4 members (excludes halogenated alkanes) is 3. The highest BCUT2D eigenvalue weighted by Crippen LogP contribution is 2.42. The molecule has 2 aromatic carbocycles. The van der Waals surface area contributed by atoms with Crippen molar-refractivity contribution in [2.45, 2.75) is 64.5 Å². The molecule has 29 heavy (non-hydrogen) atoms. The van der Waals surface area contributed by atoms with E-state index in [1.54, 1.807) is 12.1 Å². The lowest BCUT2D eigenvalue weighted by Gasteiger charge is -2.26. The Morgan fingerprint density at radius 3 is 1.97 bits per heavy atom. The molecule has 0 atom stereocenters. The number of halogens is 3. The van der Waals surface area contributed by atoms with Crippen LogP contribution < -0.4 is 0 Å². The van der Waals surface area contributed by atoms with E-state index in [9.17, 15) is 28.2 Å². The smallest absolute Gasteiger partial charge is 0.454 e. The predicted octanol–water partition coefficient (Wildman–Crippen LogP) is 6.76. The van der Waals surface area contributed by atoms with Gasteiger partial charge in [-0.25, -0.2) is 0 Å². The maximum Gasteiger partial charge on any atom is 0.454 e. The number of alkyl halides is 3. The van der Waals surface area contributed by atoms with E-state index in [4.69, 9.17) is 0 Å². The van der Waals surface area contributed by atoms with Crippen molar-refractivity contribution in [3.8, 4) is 22.6 Å². The van der Waals surface area contributed by atoms with Crippen molar-refractivity contribution in [2.75, 3.05) is 0 Å². The number of aromatic hydroxyl groups is 2. The van der Waals surface area contributed by atoms with Crippen LogP contribution in [-0.4, -0.2) is 22.2 Å². The van der Waals surface area contributed by atoms with Gasteiger partial charge in [0.25, 0.3) is 5.78 Å². The van der Waals surface area contributed by atoms with Crippen LogP contribution in [0, 0.1) is 0 Å². The van der Waals surface area contributed by atoms with E-state index in [0.29, 0.717) is 5.56 Å². The van der Waals surface area contributed by atoms with E-state index < -0.39 is 17.5 Å². The van der Waals surface area contributed by atoms with Crippen molar-refractivity contribution in [2.24, 2.45) is 0 Å². The first-order chi connectivity index (χ1) is 13.5. The van der Waals surface area contributed by atoms with E-state index >= 15 is 0 Å². The first-order valence-corrected chi connectivity index (χ1v) is 9.76. The van der Waals surface area contributed by atoms with Gasteiger partial charge < -0.3 is 10.2 Å². The average Bonchev–Trinajstić information content (AvgIpc) is 2.64. The van der Waals surface area contributed by atoms with Crippen molar-refractivity contribution in [1.29, 1.82) is 0 Å². The van der Waals surface area contributed by atoms with Crippen molar-refractivity contribution in [1.82, 2.24) is 0 Å². The minimum atomic E-state index is -4.95. The molecule has 3 nitrogen and oxygen atoms in total. The van der Waals surface area contributed by atoms with Crippen molar-refractivity contribution < 1.29 is 28.2 Å². The highest BCUT2D eigenvalue weighted by molar-refractivity contribution is 6.00. The first kappa shape index (κ1) is 22.8. The highest BCUT2D eigenvalue weighted by Gasteiger charge is 2.39. The molecule has 0 bridgehead atoms. The maximum atomic E-state index is 12.5. The molecule has 0 saturated heterocycles. The van der Waals surface area contributed by atoms with Crippen LogP contribution >= 0.6 is 0 Å². The molecule has 158 valence electrons. The van der Waals surface area contributed by atoms with Gasteiger partial charge in [-0.2, -0.15) is 13.2 Å². The van der Waals surface area contributed by atoms with Gasteiger partial charge in [0.05, 0.1) is 5.56 Å². The summed E-state index contributed by atoms with van der Waals surface area (Å²) >= 11 is 0. The van der Waals surface area contributed by atoms with Crippen LogP contribution in [0.2, 0.25) is 0 Å². The summed E-state index contributed by atoms with van der Waals surface area (Å²) in [4.78, 5) is 11.3. The summed E-state index contributed by atoms with van der Waals surface area (Å²) in [6, 6.07) is 7.81. The van der Waals surface area contributed by atoms with Crippen LogP contribution in [0.1, 0.15) is 68.8 Å². The molecule has 0 heterocycles. The summed E-state index contributed by atoms with van der Waals surface area (Å²) in [5.41, 5.74) is 0.499. The third-order valence-corrected chi connectivity index (χ3v) is 5.23. The number of ketones is 1. The van der Waals surface area contributed by atoms with Gasteiger partial charge in [-0.05, 0) is 35.1 Å². The molecule has 0 saturated carbocycles. The van der Waals surface area contributed by atoms with E-state index in [0.717, 1.165) is 43.4 Å². The predicted molar refractivity (Wildman–Crippen MR) is 107 cm³/mol. The van der Waals surface area contributed by atoms with Crippen LogP contribution in [-0.2, 0) is 5.41 Å². The average molecular weight is 408 g/mol. The zero-order valence-corrected chi connectivity index (χ0v) is 16.9. The molecule has 0 aromatic heterocycles. The Morgan fingerprint density at radius 2 is 1.48 bits per heavy atom. The topological polar surface area (TPSA) is 57.5 Å². The summed E-state index contributed by atoms with van der Waals surface area (Å²) in [5.74, 6) is -2.24. The molecule has 2 aromatic rings. The minimum Gasteiger partial charge on any atom is -0.507 e. The maximum absolute atomic E-state index is 12.5. The van der Waals surface area contributed by atoms with Crippen LogP contribution in [0.3, 0.4) is 0 Å². The molecule has 0 radical (unpaired) electrons. The normalized spacial score (nSPS) is 12.2. The summed E-state index contributed by atoms with van der Waals surface area (Å²) in [6.07, 6.45) is 0.426. The standard InChI is InChI=1S/C23H27F3O3/c1-4-5-6-7-12-22(2,3)17-13-18(27)20(19(28)14-17)15-8-10-16(11-9-15)21(29)23(24,25)26/h8-11,13-14,27-28H,4-7,12H2,1-3H3. The van der Waals surface area contributed by atoms with Crippen LogP contribution in [0.4, 0.5) is 13.2 Å². The first-order valence-electron chi connectivity index (χ1n) is 9.76. The zero-order chi connectivity index (χ0) is 21.8. The Bertz CT molecular complexity index is 830. The molecule has 0 amide bonds. The van der Waals surface area contributed by atoms with Crippen LogP contribution in [0.15, 0.2) is 36.4 Å². The molecule has 0 fully saturated rings. The van der Waals surface area contributed by atoms with E-state index in [1.807, 2.05) is 13.8 Å². The van der Waals surface area contributed by atoms with E-state index in [2.05, 4.69) is 6.92 Å². The molecule has 2 N–H and O–H groups in total. The number of hydrogen-bond donors (Lipinski definition) is 2. The number of hydrogen-bond acceptors (Lipinski definition) is 3. The van der Waals surface area contributed by atoms with Gasteiger partial charge in [0.2, 0.25) is 0 Å². The van der Waals surface area contributed by atoms with Crippen LogP contribution in [0.5, 0.6) is 11.5 Å². The lowest BCUT2D eigenvalue weighted by atomic mass is 9.79. The van der Waals surface area contributed by atoms with Gasteiger partial charge in [-0.15, -0.1) is 0 Å². The fourth-order valence-corrected chi connectivity index (χ4v) is 3.39. The molecule has 0 aliphatic carbocycles. The number of rotatable bonds is 8. The fourth-order valence-electron chi connectivity index (χ4n) is 3.39. The van der Waals surface area contributed by atoms with Crippen molar-refractivity contribution in [3.05, 3.63) is 47.5 Å². The van der Waals surface area contributed by atoms with E-state index in [-0.39, 0.29) is 22.5 Å². The summed E-state index contributed by atoms with van der Waals surface area (Å²) in [5, 5.41) is 21.0. The monoisotopic (exact) mass is 408 g/mol. The molecule has 0 aliphatic rings. The lowest BCUT2D eigenvalue weighted by molar-refractivity contribution is -0.0885. The van der Waals surface area contributed by atoms with Gasteiger partial charge in [-0.3, -0.25) is 4.79 Å². The molecular formula is C23H27F3O3. The molecular weight excluding hydrogens is 381 g/mol. The molecule has 0 aliphatic heterocycles.